The molecule has 0 aliphatic heterocycles. The van der Waals surface area contributed by atoms with Crippen LogP contribution in [-0.4, -0.2) is 25.4 Å². The third-order valence-electron chi connectivity index (χ3n) is 4.15. The average molecular weight is 343 g/mol. The predicted octanol–water partition coefficient (Wildman–Crippen LogP) is 3.61. The van der Waals surface area contributed by atoms with Gasteiger partial charge in [-0.05, 0) is 36.2 Å². The fourth-order valence-corrected chi connectivity index (χ4v) is 2.77. The van der Waals surface area contributed by atoms with Crippen LogP contribution in [0, 0.1) is 0 Å². The standard InChI is InChI=1S/C20H17N5O/c1-14(26)16-5-2-6-17(10-16)18-13-23-25-9-7-19(24-20(18)25)22-12-15-4-3-8-21-11-15/h2-11,13H,12H2,1H3,(H,22,24). The molecule has 0 saturated heterocycles. The van der Waals surface area contributed by atoms with Crippen LogP contribution in [0.15, 0.2) is 67.3 Å². The van der Waals surface area contributed by atoms with Crippen molar-refractivity contribution in [3.63, 3.8) is 0 Å². The Balaban J connectivity index is 1.66. The van der Waals surface area contributed by atoms with Gasteiger partial charge in [0.25, 0.3) is 0 Å². The van der Waals surface area contributed by atoms with Crippen molar-refractivity contribution in [1.29, 1.82) is 0 Å². The first-order chi connectivity index (χ1) is 12.7. The quantitative estimate of drug-likeness (QED) is 0.561. The van der Waals surface area contributed by atoms with Crippen molar-refractivity contribution < 1.29 is 4.79 Å². The van der Waals surface area contributed by atoms with Gasteiger partial charge in [-0.3, -0.25) is 9.78 Å². The van der Waals surface area contributed by atoms with E-state index in [0.717, 1.165) is 28.2 Å². The lowest BCUT2D eigenvalue weighted by molar-refractivity contribution is 0.101. The van der Waals surface area contributed by atoms with Crippen molar-refractivity contribution in [2.75, 3.05) is 5.32 Å². The van der Waals surface area contributed by atoms with E-state index in [9.17, 15) is 4.79 Å². The first-order valence-corrected chi connectivity index (χ1v) is 8.29. The number of aromatic nitrogens is 4. The Morgan fingerprint density at radius 2 is 2.08 bits per heavy atom. The van der Waals surface area contributed by atoms with Crippen LogP contribution in [0.25, 0.3) is 16.8 Å². The van der Waals surface area contributed by atoms with Crippen LogP contribution in [-0.2, 0) is 6.54 Å². The molecule has 4 aromatic rings. The van der Waals surface area contributed by atoms with E-state index in [-0.39, 0.29) is 5.78 Å². The predicted molar refractivity (Wildman–Crippen MR) is 100.0 cm³/mol. The Hall–Kier alpha value is -3.54. The van der Waals surface area contributed by atoms with E-state index >= 15 is 0 Å². The van der Waals surface area contributed by atoms with E-state index < -0.39 is 0 Å². The lowest BCUT2D eigenvalue weighted by Crippen LogP contribution is -2.03. The van der Waals surface area contributed by atoms with E-state index in [1.54, 1.807) is 23.8 Å². The van der Waals surface area contributed by atoms with Crippen molar-refractivity contribution in [2.24, 2.45) is 0 Å². The largest absolute Gasteiger partial charge is 0.366 e. The monoisotopic (exact) mass is 343 g/mol. The third kappa shape index (κ3) is 3.17. The Morgan fingerprint density at radius 1 is 1.15 bits per heavy atom. The van der Waals surface area contributed by atoms with Crippen LogP contribution in [0.5, 0.6) is 0 Å². The van der Waals surface area contributed by atoms with E-state index in [1.807, 2.05) is 54.9 Å². The number of anilines is 1. The summed E-state index contributed by atoms with van der Waals surface area (Å²) in [7, 11) is 0. The van der Waals surface area contributed by atoms with E-state index in [2.05, 4.69) is 20.4 Å². The topological polar surface area (TPSA) is 72.2 Å². The van der Waals surface area contributed by atoms with Crippen molar-refractivity contribution >= 4 is 17.2 Å². The number of carbonyl (C=O) groups is 1. The van der Waals surface area contributed by atoms with Gasteiger partial charge in [0.2, 0.25) is 0 Å². The molecule has 0 amide bonds. The van der Waals surface area contributed by atoms with Crippen LogP contribution in [0.4, 0.5) is 5.82 Å². The first kappa shape index (κ1) is 16.0. The molecule has 0 unspecified atom stereocenters. The highest BCUT2D eigenvalue weighted by molar-refractivity contribution is 5.95. The van der Waals surface area contributed by atoms with Gasteiger partial charge >= 0.3 is 0 Å². The Labute approximate surface area is 150 Å². The van der Waals surface area contributed by atoms with Crippen molar-refractivity contribution in [3.05, 3.63) is 78.4 Å². The zero-order valence-corrected chi connectivity index (χ0v) is 14.3. The minimum Gasteiger partial charge on any atom is -0.366 e. The van der Waals surface area contributed by atoms with Crippen LogP contribution in [0.1, 0.15) is 22.8 Å². The summed E-state index contributed by atoms with van der Waals surface area (Å²) in [6.45, 7) is 2.20. The molecule has 0 aliphatic rings. The molecule has 3 heterocycles. The summed E-state index contributed by atoms with van der Waals surface area (Å²) in [5.74, 6) is 0.793. The van der Waals surface area contributed by atoms with E-state index in [1.165, 1.54) is 0 Å². The van der Waals surface area contributed by atoms with Gasteiger partial charge in [0.05, 0.1) is 6.20 Å². The third-order valence-corrected chi connectivity index (χ3v) is 4.15. The van der Waals surface area contributed by atoms with Crippen LogP contribution >= 0.6 is 0 Å². The summed E-state index contributed by atoms with van der Waals surface area (Å²) in [6, 6.07) is 13.3. The normalized spacial score (nSPS) is 10.8. The number of pyridine rings is 1. The molecule has 0 spiro atoms. The summed E-state index contributed by atoms with van der Waals surface area (Å²) in [5, 5.41) is 7.67. The zero-order chi connectivity index (χ0) is 17.9. The number of carbonyl (C=O) groups excluding carboxylic acids is 1. The summed E-state index contributed by atoms with van der Waals surface area (Å²) in [5.41, 5.74) is 4.30. The van der Waals surface area contributed by atoms with Crippen molar-refractivity contribution in [3.8, 4) is 11.1 Å². The summed E-state index contributed by atoms with van der Waals surface area (Å²) < 4.78 is 1.73. The molecule has 6 heteroatoms. The molecule has 0 aliphatic carbocycles. The molecule has 6 nitrogen and oxygen atoms in total. The van der Waals surface area contributed by atoms with Crippen molar-refractivity contribution in [2.45, 2.75) is 13.5 Å². The van der Waals surface area contributed by atoms with Gasteiger partial charge in [-0.15, -0.1) is 0 Å². The lowest BCUT2D eigenvalue weighted by atomic mass is 10.0. The highest BCUT2D eigenvalue weighted by atomic mass is 16.1. The first-order valence-electron chi connectivity index (χ1n) is 8.29. The fraction of sp³-hybridized carbons (Fsp3) is 0.100. The van der Waals surface area contributed by atoms with E-state index in [0.29, 0.717) is 12.1 Å². The Morgan fingerprint density at radius 3 is 2.88 bits per heavy atom. The number of hydrogen-bond acceptors (Lipinski definition) is 5. The molecule has 0 radical (unpaired) electrons. The minimum atomic E-state index is 0.0371. The maximum absolute atomic E-state index is 11.7. The summed E-state index contributed by atoms with van der Waals surface area (Å²) in [6.07, 6.45) is 7.21. The maximum Gasteiger partial charge on any atom is 0.165 e. The molecule has 128 valence electrons. The molecular weight excluding hydrogens is 326 g/mol. The second kappa shape index (κ2) is 6.76. The van der Waals surface area contributed by atoms with Crippen molar-refractivity contribution in [1.82, 2.24) is 19.6 Å². The highest BCUT2D eigenvalue weighted by Crippen LogP contribution is 2.25. The van der Waals surface area contributed by atoms with Gasteiger partial charge in [0.1, 0.15) is 5.82 Å². The smallest absolute Gasteiger partial charge is 0.165 e. The number of Topliss-reactive ketones (excluding diaryl/α,β-unsaturated/α-hetero) is 1. The molecular formula is C20H17N5O. The molecule has 3 aromatic heterocycles. The second-order valence-corrected chi connectivity index (χ2v) is 5.99. The fourth-order valence-electron chi connectivity index (χ4n) is 2.77. The highest BCUT2D eigenvalue weighted by Gasteiger charge is 2.10. The van der Waals surface area contributed by atoms with E-state index in [4.69, 9.17) is 0 Å². The van der Waals surface area contributed by atoms with Crippen LogP contribution < -0.4 is 5.32 Å². The molecule has 0 atom stereocenters. The van der Waals surface area contributed by atoms with Gasteiger partial charge in [-0.2, -0.15) is 5.10 Å². The number of rotatable bonds is 5. The number of ketones is 1. The molecule has 1 aromatic carbocycles. The SMILES string of the molecule is CC(=O)c1cccc(-c2cnn3ccc(NCc4cccnc4)nc23)c1. The molecule has 4 rings (SSSR count). The molecule has 1 N–H and O–H groups in total. The lowest BCUT2D eigenvalue weighted by Gasteiger charge is -2.07. The minimum absolute atomic E-state index is 0.0371. The van der Waals surface area contributed by atoms with Gasteiger partial charge in [-0.1, -0.05) is 24.3 Å². The number of nitrogens with zero attached hydrogens (tertiary/aromatic N) is 4. The van der Waals surface area contributed by atoms with Gasteiger partial charge in [0, 0.05) is 36.3 Å². The number of fused-ring (bicyclic) bond motifs is 1. The van der Waals surface area contributed by atoms with Gasteiger partial charge in [0.15, 0.2) is 11.4 Å². The number of hydrogen-bond donors (Lipinski definition) is 1. The molecule has 0 fully saturated rings. The number of benzene rings is 1. The molecule has 0 saturated carbocycles. The average Bonchev–Trinajstić information content (AvgIpc) is 3.10. The van der Waals surface area contributed by atoms with Crippen LogP contribution in [0.3, 0.4) is 0 Å². The summed E-state index contributed by atoms with van der Waals surface area (Å²) in [4.78, 5) is 20.5. The molecule has 0 bridgehead atoms. The van der Waals surface area contributed by atoms with Crippen LogP contribution in [0.2, 0.25) is 0 Å². The second-order valence-electron chi connectivity index (χ2n) is 5.99. The number of nitrogens with one attached hydrogen (secondary N) is 1. The van der Waals surface area contributed by atoms with Gasteiger partial charge < -0.3 is 5.32 Å². The molecule has 26 heavy (non-hydrogen) atoms. The Kier molecular flexibility index (Phi) is 4.15. The van der Waals surface area contributed by atoms with Gasteiger partial charge in [-0.25, -0.2) is 9.50 Å². The Bertz CT molecular complexity index is 1070. The zero-order valence-electron chi connectivity index (χ0n) is 14.3. The summed E-state index contributed by atoms with van der Waals surface area (Å²) >= 11 is 0. The maximum atomic E-state index is 11.7.